The number of nitrogens with one attached hydrogen (secondary N) is 1. The largest absolute Gasteiger partial charge is 0.489 e. The van der Waals surface area contributed by atoms with Gasteiger partial charge in [-0.2, -0.15) is 0 Å². The van der Waals surface area contributed by atoms with Gasteiger partial charge < -0.3 is 10.1 Å². The second-order valence-electron chi connectivity index (χ2n) is 7.12. The summed E-state index contributed by atoms with van der Waals surface area (Å²) in [4.78, 5) is 39.2. The van der Waals surface area contributed by atoms with E-state index in [1.54, 1.807) is 30.4 Å². The molecule has 3 aromatic carbocycles. The molecule has 0 spiro atoms. The summed E-state index contributed by atoms with van der Waals surface area (Å²) in [6, 6.07) is 18.6. The van der Waals surface area contributed by atoms with E-state index in [1.165, 1.54) is 0 Å². The van der Waals surface area contributed by atoms with E-state index in [0.29, 0.717) is 23.6 Å². The van der Waals surface area contributed by atoms with E-state index in [0.717, 1.165) is 31.9 Å². The monoisotopic (exact) mass is 522 g/mol. The second kappa shape index (κ2) is 10.1. The summed E-state index contributed by atoms with van der Waals surface area (Å²) in [5, 5.41) is 4.17. The quantitative estimate of drug-likeness (QED) is 0.311. The number of rotatable bonds is 7. The van der Waals surface area contributed by atoms with Crippen LogP contribution in [-0.2, 0) is 9.59 Å². The lowest BCUT2D eigenvalue weighted by atomic mass is 10.1. The summed E-state index contributed by atoms with van der Waals surface area (Å²) in [7, 11) is 0. The van der Waals surface area contributed by atoms with Crippen molar-refractivity contribution in [2.45, 2.75) is 0 Å². The van der Waals surface area contributed by atoms with E-state index < -0.39 is 17.1 Å². The molecule has 3 aromatic rings. The third-order valence-corrected chi connectivity index (χ3v) is 6.25. The van der Waals surface area contributed by atoms with Crippen molar-refractivity contribution in [3.8, 4) is 5.75 Å². The number of anilines is 1. The Bertz CT molecular complexity index is 1300. The fourth-order valence-electron chi connectivity index (χ4n) is 3.36. The molecule has 3 amide bonds. The van der Waals surface area contributed by atoms with Crippen molar-refractivity contribution in [1.29, 1.82) is 0 Å². The van der Waals surface area contributed by atoms with E-state index in [1.807, 2.05) is 42.5 Å². The van der Waals surface area contributed by atoms with Gasteiger partial charge in [-0.25, -0.2) is 0 Å². The number of carbonyl (C=O) groups is 3. The van der Waals surface area contributed by atoms with Gasteiger partial charge in [0.05, 0.1) is 4.91 Å². The van der Waals surface area contributed by atoms with Crippen LogP contribution < -0.4 is 10.1 Å². The van der Waals surface area contributed by atoms with Crippen molar-refractivity contribution in [3.63, 3.8) is 0 Å². The first-order valence-corrected chi connectivity index (χ1v) is 11.6. The Labute approximate surface area is 203 Å². The van der Waals surface area contributed by atoms with Gasteiger partial charge in [0, 0.05) is 21.1 Å². The number of carbonyl (C=O) groups excluding carboxylic acids is 3. The number of hydrogen-bond acceptors (Lipinski definition) is 5. The predicted octanol–water partition coefficient (Wildman–Crippen LogP) is 5.84. The lowest BCUT2D eigenvalue weighted by Crippen LogP contribution is -2.36. The zero-order valence-electron chi connectivity index (χ0n) is 17.4. The summed E-state index contributed by atoms with van der Waals surface area (Å²) >= 11 is 4.20. The molecule has 1 heterocycles. The highest BCUT2D eigenvalue weighted by atomic mass is 79.9. The first-order chi connectivity index (χ1) is 16.0. The van der Waals surface area contributed by atoms with Crippen molar-refractivity contribution >= 4 is 67.3 Å². The second-order valence-corrected chi connectivity index (χ2v) is 9.03. The van der Waals surface area contributed by atoms with Gasteiger partial charge in [-0.3, -0.25) is 19.3 Å². The molecule has 8 heteroatoms. The smallest absolute Gasteiger partial charge is 0.294 e. The highest BCUT2D eigenvalue weighted by Gasteiger charge is 2.36. The minimum absolute atomic E-state index is 0.222. The average Bonchev–Trinajstić information content (AvgIpc) is 3.06. The minimum Gasteiger partial charge on any atom is -0.489 e. The molecule has 0 aliphatic carbocycles. The number of hydrogen-bond donors (Lipinski definition) is 1. The molecular formula is C25H19BrN2O4S. The van der Waals surface area contributed by atoms with Gasteiger partial charge in [-0.05, 0) is 47.5 Å². The minimum atomic E-state index is -0.521. The van der Waals surface area contributed by atoms with Crippen molar-refractivity contribution in [2.75, 3.05) is 18.5 Å². The molecule has 0 atom stereocenters. The fourth-order valence-corrected chi connectivity index (χ4v) is 4.57. The third kappa shape index (κ3) is 5.18. The first-order valence-electron chi connectivity index (χ1n) is 10.0. The van der Waals surface area contributed by atoms with Crippen LogP contribution in [0.15, 0.2) is 82.7 Å². The Hall–Kier alpha value is -3.36. The van der Waals surface area contributed by atoms with Gasteiger partial charge in [0.25, 0.3) is 11.1 Å². The molecule has 1 fully saturated rings. The molecule has 0 aromatic heterocycles. The third-order valence-electron chi connectivity index (χ3n) is 4.85. The van der Waals surface area contributed by atoms with E-state index in [4.69, 9.17) is 4.74 Å². The van der Waals surface area contributed by atoms with Gasteiger partial charge in [0.2, 0.25) is 5.91 Å². The number of nitrogens with zero attached hydrogens (tertiary/aromatic N) is 1. The van der Waals surface area contributed by atoms with Crippen LogP contribution in [0.5, 0.6) is 5.75 Å². The highest BCUT2D eigenvalue weighted by Crippen LogP contribution is 2.35. The van der Waals surface area contributed by atoms with E-state index in [-0.39, 0.29) is 11.4 Å². The first kappa shape index (κ1) is 22.8. The molecule has 1 aliphatic rings. The molecule has 4 rings (SSSR count). The zero-order valence-corrected chi connectivity index (χ0v) is 19.8. The molecule has 0 unspecified atom stereocenters. The standard InChI is InChI=1S/C25H19BrN2O4S/c1-2-12-32-21-11-10-18(26)13-17(21)14-22-24(30)28(25(31)33-22)15-23(29)27-20-9-5-7-16-6-3-4-8-19(16)20/h2-11,13-14H,1,12,15H2,(H,27,29)/b22-14+. The Kier molecular flexibility index (Phi) is 6.96. The number of benzene rings is 3. The molecule has 33 heavy (non-hydrogen) atoms. The van der Waals surface area contributed by atoms with Crippen LogP contribution in [0.1, 0.15) is 5.56 Å². The summed E-state index contributed by atoms with van der Waals surface area (Å²) < 4.78 is 6.44. The van der Waals surface area contributed by atoms with Crippen molar-refractivity contribution < 1.29 is 19.1 Å². The number of fused-ring (bicyclic) bond motifs is 1. The van der Waals surface area contributed by atoms with E-state index in [9.17, 15) is 14.4 Å². The van der Waals surface area contributed by atoms with Gasteiger partial charge in [0.15, 0.2) is 0 Å². The molecule has 6 nitrogen and oxygen atoms in total. The average molecular weight is 523 g/mol. The van der Waals surface area contributed by atoms with Gasteiger partial charge in [-0.1, -0.05) is 65.0 Å². The maximum Gasteiger partial charge on any atom is 0.294 e. The van der Waals surface area contributed by atoms with Crippen LogP contribution in [0.25, 0.3) is 16.8 Å². The van der Waals surface area contributed by atoms with Crippen LogP contribution >= 0.6 is 27.7 Å². The van der Waals surface area contributed by atoms with Gasteiger partial charge >= 0.3 is 0 Å². The Morgan fingerprint density at radius 3 is 2.73 bits per heavy atom. The summed E-state index contributed by atoms with van der Waals surface area (Å²) in [6.45, 7) is 3.57. The van der Waals surface area contributed by atoms with E-state index in [2.05, 4.69) is 27.8 Å². The highest BCUT2D eigenvalue weighted by molar-refractivity contribution is 9.10. The van der Waals surface area contributed by atoms with Crippen LogP contribution in [0.2, 0.25) is 0 Å². The molecule has 1 aliphatic heterocycles. The SMILES string of the molecule is C=CCOc1ccc(Br)cc1/C=C1/SC(=O)N(CC(=O)Nc2cccc3ccccc23)C1=O. The lowest BCUT2D eigenvalue weighted by molar-refractivity contribution is -0.127. The van der Waals surface area contributed by atoms with Gasteiger partial charge in [0.1, 0.15) is 18.9 Å². The summed E-state index contributed by atoms with van der Waals surface area (Å²) in [5.74, 6) is -0.418. The maximum absolute atomic E-state index is 12.9. The number of amides is 3. The summed E-state index contributed by atoms with van der Waals surface area (Å²) in [6.07, 6.45) is 3.21. The Morgan fingerprint density at radius 2 is 1.91 bits per heavy atom. The molecule has 1 saturated heterocycles. The number of halogens is 1. The Balaban J connectivity index is 1.51. The molecule has 1 N–H and O–H groups in total. The number of imide groups is 1. The predicted molar refractivity (Wildman–Crippen MR) is 135 cm³/mol. The lowest BCUT2D eigenvalue weighted by Gasteiger charge is -2.13. The van der Waals surface area contributed by atoms with Crippen LogP contribution in [0.4, 0.5) is 10.5 Å². The van der Waals surface area contributed by atoms with Crippen molar-refractivity contribution in [1.82, 2.24) is 4.90 Å². The van der Waals surface area contributed by atoms with Crippen LogP contribution in [0.3, 0.4) is 0 Å². The van der Waals surface area contributed by atoms with Gasteiger partial charge in [-0.15, -0.1) is 0 Å². The molecular weight excluding hydrogens is 504 g/mol. The normalized spacial score (nSPS) is 14.7. The molecule has 0 bridgehead atoms. The van der Waals surface area contributed by atoms with Crippen LogP contribution in [0, 0.1) is 0 Å². The number of ether oxygens (including phenoxy) is 1. The summed E-state index contributed by atoms with van der Waals surface area (Å²) in [5.41, 5.74) is 1.26. The van der Waals surface area contributed by atoms with Crippen molar-refractivity contribution in [3.05, 3.63) is 88.3 Å². The van der Waals surface area contributed by atoms with Crippen molar-refractivity contribution in [2.24, 2.45) is 0 Å². The molecule has 0 saturated carbocycles. The fraction of sp³-hybridized carbons (Fsp3) is 0.0800. The number of thioether (sulfide) groups is 1. The topological polar surface area (TPSA) is 75.7 Å². The van der Waals surface area contributed by atoms with Crippen LogP contribution in [-0.4, -0.2) is 35.1 Å². The maximum atomic E-state index is 12.9. The van der Waals surface area contributed by atoms with E-state index >= 15 is 0 Å². The Morgan fingerprint density at radius 1 is 1.12 bits per heavy atom. The molecule has 0 radical (unpaired) electrons. The zero-order chi connectivity index (χ0) is 23.4. The molecule has 166 valence electrons.